The van der Waals surface area contributed by atoms with E-state index in [4.69, 9.17) is 16.3 Å². The van der Waals surface area contributed by atoms with Crippen LogP contribution < -0.4 is 9.64 Å². The summed E-state index contributed by atoms with van der Waals surface area (Å²) >= 11 is 7.42. The van der Waals surface area contributed by atoms with Gasteiger partial charge in [-0.25, -0.2) is 22.2 Å². The molecule has 1 aliphatic rings. The van der Waals surface area contributed by atoms with Crippen LogP contribution in [0.25, 0.3) is 0 Å². The fourth-order valence-electron chi connectivity index (χ4n) is 3.56. The number of thiazole rings is 1. The van der Waals surface area contributed by atoms with Crippen molar-refractivity contribution >= 4 is 38.1 Å². The van der Waals surface area contributed by atoms with Crippen LogP contribution in [0.2, 0.25) is 5.02 Å². The van der Waals surface area contributed by atoms with Crippen LogP contribution in [0.5, 0.6) is 5.75 Å². The number of hydrogen-bond acceptors (Lipinski definition) is 6. The minimum atomic E-state index is -3.77. The van der Waals surface area contributed by atoms with Crippen LogP contribution in [0, 0.1) is 11.6 Å². The summed E-state index contributed by atoms with van der Waals surface area (Å²) in [7, 11) is -2.35. The van der Waals surface area contributed by atoms with Crippen LogP contribution in [-0.2, 0) is 16.4 Å². The molecule has 0 N–H and O–H groups in total. The number of sulfonamides is 1. The molecule has 1 saturated heterocycles. The van der Waals surface area contributed by atoms with Gasteiger partial charge in [-0.2, -0.15) is 4.31 Å². The second-order valence-electron chi connectivity index (χ2n) is 7.26. The van der Waals surface area contributed by atoms with Crippen LogP contribution in [0.15, 0.2) is 46.7 Å². The lowest BCUT2D eigenvalue weighted by Gasteiger charge is -2.34. The first-order valence-corrected chi connectivity index (χ1v) is 12.4. The first kappa shape index (κ1) is 22.9. The van der Waals surface area contributed by atoms with Gasteiger partial charge in [-0.05, 0) is 35.9 Å². The number of methoxy groups -OCH3 is 1. The van der Waals surface area contributed by atoms with E-state index in [1.807, 2.05) is 10.3 Å². The molecule has 11 heteroatoms. The van der Waals surface area contributed by atoms with Crippen molar-refractivity contribution in [2.45, 2.75) is 11.3 Å². The molecule has 2 heterocycles. The summed E-state index contributed by atoms with van der Waals surface area (Å²) in [5.41, 5.74) is 1.21. The van der Waals surface area contributed by atoms with Crippen molar-refractivity contribution in [1.82, 2.24) is 9.29 Å². The van der Waals surface area contributed by atoms with Crippen molar-refractivity contribution in [2.24, 2.45) is 0 Å². The van der Waals surface area contributed by atoms with E-state index in [1.54, 1.807) is 6.07 Å². The van der Waals surface area contributed by atoms with Gasteiger partial charge in [-0.1, -0.05) is 11.6 Å². The zero-order valence-electron chi connectivity index (χ0n) is 17.1. The molecule has 0 spiro atoms. The van der Waals surface area contributed by atoms with Gasteiger partial charge in [0.1, 0.15) is 22.3 Å². The number of benzene rings is 2. The smallest absolute Gasteiger partial charge is 0.246 e. The number of anilines is 1. The van der Waals surface area contributed by atoms with Gasteiger partial charge in [-0.15, -0.1) is 11.3 Å². The Morgan fingerprint density at radius 2 is 1.78 bits per heavy atom. The van der Waals surface area contributed by atoms with Gasteiger partial charge >= 0.3 is 0 Å². The molecule has 0 atom stereocenters. The topological polar surface area (TPSA) is 62.7 Å². The van der Waals surface area contributed by atoms with Crippen molar-refractivity contribution in [3.8, 4) is 5.75 Å². The van der Waals surface area contributed by atoms with Crippen molar-refractivity contribution in [1.29, 1.82) is 0 Å². The van der Waals surface area contributed by atoms with E-state index >= 15 is 0 Å². The van der Waals surface area contributed by atoms with Crippen molar-refractivity contribution in [3.05, 3.63) is 69.7 Å². The van der Waals surface area contributed by atoms with Crippen LogP contribution in [0.3, 0.4) is 0 Å². The zero-order chi connectivity index (χ0) is 22.9. The average molecular weight is 500 g/mol. The Morgan fingerprint density at radius 3 is 2.44 bits per heavy atom. The Morgan fingerprint density at radius 1 is 1.09 bits per heavy atom. The quantitative estimate of drug-likeness (QED) is 0.509. The first-order chi connectivity index (χ1) is 15.3. The standard InChI is InChI=1S/C21H20ClF2N3O3S2/c1-30-19-3-2-15(22)11-20(19)32(28,29)27-6-4-26(5-7-27)21-25-18(13-31-21)10-14-8-16(23)12-17(24)9-14/h2-3,8-9,11-13H,4-7,10H2,1H3. The largest absolute Gasteiger partial charge is 0.495 e. The normalized spacial score (nSPS) is 15.2. The van der Waals surface area contributed by atoms with Crippen LogP contribution >= 0.6 is 22.9 Å². The lowest BCUT2D eigenvalue weighted by molar-refractivity contribution is 0.374. The maximum Gasteiger partial charge on any atom is 0.246 e. The predicted octanol–water partition coefficient (Wildman–Crippen LogP) is 4.19. The molecule has 0 bridgehead atoms. The third-order valence-electron chi connectivity index (χ3n) is 5.10. The van der Waals surface area contributed by atoms with Gasteiger partial charge in [0.25, 0.3) is 0 Å². The van der Waals surface area contributed by atoms with Crippen molar-refractivity contribution < 1.29 is 21.9 Å². The van der Waals surface area contributed by atoms with E-state index < -0.39 is 21.7 Å². The van der Waals surface area contributed by atoms with E-state index in [-0.39, 0.29) is 23.7 Å². The third kappa shape index (κ3) is 4.88. The summed E-state index contributed by atoms with van der Waals surface area (Å²) in [4.78, 5) is 6.61. The number of hydrogen-bond donors (Lipinski definition) is 0. The van der Waals surface area contributed by atoms with E-state index in [0.29, 0.717) is 35.8 Å². The van der Waals surface area contributed by atoms with Gasteiger partial charge in [0.05, 0.1) is 12.8 Å². The summed E-state index contributed by atoms with van der Waals surface area (Å²) in [6.45, 7) is 1.48. The maximum absolute atomic E-state index is 13.4. The minimum Gasteiger partial charge on any atom is -0.495 e. The minimum absolute atomic E-state index is 0.0415. The molecule has 6 nitrogen and oxygen atoms in total. The Kier molecular flexibility index (Phi) is 6.66. The second kappa shape index (κ2) is 9.30. The lowest BCUT2D eigenvalue weighted by atomic mass is 10.1. The average Bonchev–Trinajstić information content (AvgIpc) is 3.21. The van der Waals surface area contributed by atoms with Gasteiger partial charge in [-0.3, -0.25) is 0 Å². The van der Waals surface area contributed by atoms with Crippen LogP contribution in [0.1, 0.15) is 11.3 Å². The highest BCUT2D eigenvalue weighted by molar-refractivity contribution is 7.89. The molecule has 0 unspecified atom stereocenters. The molecule has 0 amide bonds. The SMILES string of the molecule is COc1ccc(Cl)cc1S(=O)(=O)N1CCN(c2nc(Cc3cc(F)cc(F)c3)cs2)CC1. The van der Waals surface area contributed by atoms with Crippen molar-refractivity contribution in [3.63, 3.8) is 0 Å². The van der Waals surface area contributed by atoms with Gasteiger partial charge in [0.15, 0.2) is 5.13 Å². The maximum atomic E-state index is 13.4. The molecule has 0 saturated carbocycles. The Hall–Kier alpha value is -2.27. The number of rotatable bonds is 6. The molecule has 2 aromatic carbocycles. The number of aromatic nitrogens is 1. The second-order valence-corrected chi connectivity index (χ2v) is 10.4. The molecule has 1 aliphatic heterocycles. The highest BCUT2D eigenvalue weighted by Crippen LogP contribution is 2.31. The highest BCUT2D eigenvalue weighted by atomic mass is 35.5. The Bertz CT molecular complexity index is 1210. The third-order valence-corrected chi connectivity index (χ3v) is 8.21. The number of piperazine rings is 1. The number of ether oxygens (including phenoxy) is 1. The highest BCUT2D eigenvalue weighted by Gasteiger charge is 2.31. The van der Waals surface area contributed by atoms with Crippen LogP contribution in [0.4, 0.5) is 13.9 Å². The number of halogens is 3. The zero-order valence-corrected chi connectivity index (χ0v) is 19.5. The van der Waals surface area contributed by atoms with Gasteiger partial charge in [0, 0.05) is 49.1 Å². The molecular formula is C21H20ClF2N3O3S2. The van der Waals surface area contributed by atoms with E-state index in [1.165, 1.54) is 47.0 Å². The van der Waals surface area contributed by atoms with E-state index in [9.17, 15) is 17.2 Å². The molecule has 1 fully saturated rings. The first-order valence-electron chi connectivity index (χ1n) is 9.74. The summed E-state index contributed by atoms with van der Waals surface area (Å²) in [5, 5.41) is 2.91. The summed E-state index contributed by atoms with van der Waals surface area (Å²) in [5.74, 6) is -0.997. The molecule has 32 heavy (non-hydrogen) atoms. The lowest BCUT2D eigenvalue weighted by Crippen LogP contribution is -2.48. The van der Waals surface area contributed by atoms with E-state index in [0.717, 1.165) is 11.2 Å². The van der Waals surface area contributed by atoms with Crippen molar-refractivity contribution in [2.75, 3.05) is 38.2 Å². The summed E-state index contributed by atoms with van der Waals surface area (Å²) < 4.78 is 59.7. The Labute approximate surface area is 194 Å². The fraction of sp³-hybridized carbons (Fsp3) is 0.286. The van der Waals surface area contributed by atoms with Gasteiger partial charge in [0.2, 0.25) is 10.0 Å². The predicted molar refractivity (Wildman–Crippen MR) is 120 cm³/mol. The van der Waals surface area contributed by atoms with E-state index in [2.05, 4.69) is 4.98 Å². The van der Waals surface area contributed by atoms with Gasteiger partial charge < -0.3 is 9.64 Å². The number of nitrogens with zero attached hydrogens (tertiary/aromatic N) is 3. The molecular weight excluding hydrogens is 480 g/mol. The molecule has 170 valence electrons. The molecule has 4 rings (SSSR count). The Balaban J connectivity index is 1.44. The monoisotopic (exact) mass is 499 g/mol. The molecule has 0 radical (unpaired) electrons. The summed E-state index contributed by atoms with van der Waals surface area (Å²) in [6, 6.07) is 7.92. The molecule has 3 aromatic rings. The summed E-state index contributed by atoms with van der Waals surface area (Å²) in [6.07, 6.45) is 0.314. The fourth-order valence-corrected chi connectivity index (χ4v) is 6.28. The molecule has 0 aliphatic carbocycles. The molecule has 1 aromatic heterocycles. The van der Waals surface area contributed by atoms with Crippen LogP contribution in [-0.4, -0.2) is 51.0 Å².